The number of unbranched alkanes of at least 4 members (excludes halogenated alkanes) is 1. The summed E-state index contributed by atoms with van der Waals surface area (Å²) in [4.78, 5) is 0. The van der Waals surface area contributed by atoms with Crippen LogP contribution in [0.2, 0.25) is 0 Å². The van der Waals surface area contributed by atoms with Crippen LogP contribution in [-0.4, -0.2) is 37.8 Å². The van der Waals surface area contributed by atoms with Crippen LogP contribution in [0.15, 0.2) is 121 Å². The van der Waals surface area contributed by atoms with Gasteiger partial charge in [0.15, 0.2) is 0 Å². The Morgan fingerprint density at radius 1 is 0.676 bits per heavy atom. The van der Waals surface area contributed by atoms with E-state index >= 15 is 0 Å². The van der Waals surface area contributed by atoms with Gasteiger partial charge < -0.3 is 4.74 Å². The van der Waals surface area contributed by atoms with Gasteiger partial charge in [-0.1, -0.05) is 135 Å². The summed E-state index contributed by atoms with van der Waals surface area (Å²) in [5.41, 5.74) is 5.36. The number of nitriles is 1. The van der Waals surface area contributed by atoms with Crippen LogP contribution in [0.25, 0.3) is 0 Å². The van der Waals surface area contributed by atoms with E-state index in [1.807, 2.05) is 18.7 Å². The number of hydrogen-bond donors (Lipinski definition) is 0. The molecule has 0 aliphatic heterocycles. The average molecular weight is 491 g/mol. The molecule has 0 N–H and O–H groups in total. The van der Waals surface area contributed by atoms with Crippen molar-refractivity contribution in [2.24, 2.45) is 0 Å². The largest absolute Gasteiger partial charge is 0.450 e. The van der Waals surface area contributed by atoms with Gasteiger partial charge in [0, 0.05) is 6.92 Å². The highest BCUT2D eigenvalue weighted by molar-refractivity contribution is 7.19. The van der Waals surface area contributed by atoms with Crippen molar-refractivity contribution in [1.82, 2.24) is 0 Å². The lowest BCUT2D eigenvalue weighted by atomic mass is 9.13. The maximum Gasteiger partial charge on any atom is 0.323 e. The molecule has 0 aliphatic carbocycles. The molecule has 0 unspecified atom stereocenters. The summed E-state index contributed by atoms with van der Waals surface area (Å²) in [6, 6.07) is 45.3. The van der Waals surface area contributed by atoms with E-state index in [1.54, 1.807) is 12.5 Å². The van der Waals surface area contributed by atoms with Crippen molar-refractivity contribution in [3.05, 3.63) is 121 Å². The maximum atomic E-state index is 7.32. The van der Waals surface area contributed by atoms with Crippen LogP contribution in [0.4, 0.5) is 0 Å². The van der Waals surface area contributed by atoms with Crippen molar-refractivity contribution in [1.29, 1.82) is 5.26 Å². The fourth-order valence-electron chi connectivity index (χ4n) is 4.55. The molecule has 0 atom stereocenters. The highest BCUT2D eigenvalue weighted by atomic mass is 16.5. The predicted molar refractivity (Wildman–Crippen MR) is 160 cm³/mol. The highest BCUT2D eigenvalue weighted by Crippen LogP contribution is 2.09. The van der Waals surface area contributed by atoms with E-state index in [0.717, 1.165) is 13.0 Å². The summed E-state index contributed by atoms with van der Waals surface area (Å²) in [6.45, 7) is 4.42. The lowest BCUT2D eigenvalue weighted by Gasteiger charge is -2.44. The Morgan fingerprint density at radius 2 is 0.973 bits per heavy atom. The molecule has 37 heavy (non-hydrogen) atoms. The third-order valence-corrected chi connectivity index (χ3v) is 6.10. The third-order valence-electron chi connectivity index (χ3n) is 6.10. The van der Waals surface area contributed by atoms with Gasteiger partial charge in [0.05, 0.1) is 12.7 Å². The van der Waals surface area contributed by atoms with E-state index in [4.69, 9.17) is 10.00 Å². The Morgan fingerprint density at radius 3 is 1.22 bits per heavy atom. The first kappa shape index (κ1) is 29.1. The average Bonchev–Trinajstić information content (AvgIpc) is 2.95. The van der Waals surface area contributed by atoms with Crippen LogP contribution in [-0.2, 0) is 4.74 Å². The summed E-state index contributed by atoms with van der Waals surface area (Å²) in [5.74, 6) is 0. The van der Waals surface area contributed by atoms with E-state index < -0.39 is 6.15 Å². The Hall–Kier alpha value is -4.10. The molecule has 0 fully saturated rings. The zero-order valence-corrected chi connectivity index (χ0v) is 22.6. The van der Waals surface area contributed by atoms with Crippen LogP contribution in [0.3, 0.4) is 0 Å². The maximum absolute atomic E-state index is 7.32. The molecule has 0 amide bonds. The second-order valence-electron chi connectivity index (χ2n) is 9.03. The first-order valence-electron chi connectivity index (χ1n) is 12.9. The van der Waals surface area contributed by atoms with Gasteiger partial charge in [-0.05, 0) is 6.42 Å². The van der Waals surface area contributed by atoms with Crippen molar-refractivity contribution < 1.29 is 9.31 Å². The Labute approximate surface area is 223 Å². The first-order valence-corrected chi connectivity index (χ1v) is 12.9. The standard InChI is InChI=1S/C24H20B.C7H16NO.C2H3N/c1-5-13-21(14-6-1)25(22-15-7-2-8-16-22,23-17-9-3-10-18-23)24-19-11-4-12-20-24;1-4-5-6-9-7-8(2)3;1-2-3/h1-20H;7H,4-6H2,1-3H3;1H3/q-1;+1;. The van der Waals surface area contributed by atoms with E-state index in [-0.39, 0.29) is 0 Å². The Kier molecular flexibility index (Phi) is 13.0. The molecule has 4 aromatic carbocycles. The van der Waals surface area contributed by atoms with Gasteiger partial charge in [0.1, 0.15) is 20.2 Å². The predicted octanol–water partition coefficient (Wildman–Crippen LogP) is 4.70. The zero-order valence-electron chi connectivity index (χ0n) is 22.6. The summed E-state index contributed by atoms with van der Waals surface area (Å²) in [6.07, 6.45) is 2.86. The smallest absolute Gasteiger partial charge is 0.323 e. The molecule has 0 spiro atoms. The quantitative estimate of drug-likeness (QED) is 0.118. The van der Waals surface area contributed by atoms with Gasteiger partial charge in [0.2, 0.25) is 0 Å². The van der Waals surface area contributed by atoms with Crippen LogP contribution >= 0.6 is 0 Å². The SMILES string of the molecule is CC#N.CCCCOC=[N+](C)C.c1ccc([B-](c2ccccc2)(c2ccccc2)c2ccccc2)cc1. The second-order valence-corrected chi connectivity index (χ2v) is 9.03. The van der Waals surface area contributed by atoms with Crippen molar-refractivity contribution >= 4 is 34.4 Å². The Bertz CT molecular complexity index is 1040. The molecule has 0 aromatic heterocycles. The van der Waals surface area contributed by atoms with E-state index in [0.29, 0.717) is 0 Å². The molecular formula is C33H39BN2O. The van der Waals surface area contributed by atoms with Crippen molar-refractivity contribution in [3.63, 3.8) is 0 Å². The van der Waals surface area contributed by atoms with Crippen LogP contribution in [0.5, 0.6) is 0 Å². The van der Waals surface area contributed by atoms with E-state index in [1.165, 1.54) is 35.2 Å². The number of ether oxygens (including phenoxy) is 1. The molecule has 4 heteroatoms. The van der Waals surface area contributed by atoms with Gasteiger partial charge in [0.25, 0.3) is 0 Å². The van der Waals surface area contributed by atoms with Crippen LogP contribution < -0.4 is 21.9 Å². The molecular weight excluding hydrogens is 451 g/mol. The molecule has 0 saturated heterocycles. The van der Waals surface area contributed by atoms with Crippen molar-refractivity contribution in [3.8, 4) is 6.07 Å². The fourth-order valence-corrected chi connectivity index (χ4v) is 4.55. The second kappa shape index (κ2) is 16.6. The minimum absolute atomic E-state index is 0.842. The number of nitrogens with zero attached hydrogens (tertiary/aromatic N) is 2. The summed E-state index contributed by atoms with van der Waals surface area (Å²) in [7, 11) is 3.90. The molecule has 0 heterocycles. The third kappa shape index (κ3) is 8.51. The molecule has 3 nitrogen and oxygen atoms in total. The van der Waals surface area contributed by atoms with Gasteiger partial charge in [-0.2, -0.15) is 27.1 Å². The first-order chi connectivity index (χ1) is 18.1. The monoisotopic (exact) mass is 490 g/mol. The van der Waals surface area contributed by atoms with Crippen LogP contribution in [0, 0.1) is 11.3 Å². The van der Waals surface area contributed by atoms with E-state index in [2.05, 4.69) is 128 Å². The molecule has 4 aromatic rings. The van der Waals surface area contributed by atoms with Crippen LogP contribution in [0.1, 0.15) is 26.7 Å². The minimum atomic E-state index is -1.22. The summed E-state index contributed by atoms with van der Waals surface area (Å²) < 4.78 is 7.03. The summed E-state index contributed by atoms with van der Waals surface area (Å²) >= 11 is 0. The van der Waals surface area contributed by atoms with Gasteiger partial charge in [-0.3, -0.25) is 0 Å². The lowest BCUT2D eigenvalue weighted by molar-refractivity contribution is -0.468. The number of rotatable bonds is 8. The molecule has 0 saturated carbocycles. The lowest BCUT2D eigenvalue weighted by Crippen LogP contribution is -2.74. The van der Waals surface area contributed by atoms with Gasteiger partial charge in [-0.15, -0.1) is 0 Å². The highest BCUT2D eigenvalue weighted by Gasteiger charge is 2.30. The fraction of sp³-hybridized carbons (Fsp3) is 0.212. The van der Waals surface area contributed by atoms with Crippen molar-refractivity contribution in [2.45, 2.75) is 26.7 Å². The normalized spacial score (nSPS) is 9.92. The summed E-state index contributed by atoms with van der Waals surface area (Å²) in [5, 5.41) is 7.32. The van der Waals surface area contributed by atoms with Crippen molar-refractivity contribution in [2.75, 3.05) is 20.7 Å². The molecule has 0 aliphatic rings. The minimum Gasteiger partial charge on any atom is -0.450 e. The van der Waals surface area contributed by atoms with Gasteiger partial charge >= 0.3 is 6.40 Å². The molecule has 190 valence electrons. The number of benzene rings is 4. The Balaban J connectivity index is 0.000000339. The zero-order chi connectivity index (χ0) is 26.8. The molecule has 0 bridgehead atoms. The molecule has 0 radical (unpaired) electrons. The van der Waals surface area contributed by atoms with Gasteiger partial charge in [-0.25, -0.2) is 4.58 Å². The van der Waals surface area contributed by atoms with E-state index in [9.17, 15) is 0 Å². The topological polar surface area (TPSA) is 36.0 Å². The molecule has 4 rings (SSSR count). The number of hydrogen-bond acceptors (Lipinski definition) is 2.